The molecule has 1 aromatic carbocycles. The lowest BCUT2D eigenvalue weighted by Crippen LogP contribution is -2.41. The molecule has 26 heavy (non-hydrogen) atoms. The molecule has 1 saturated carbocycles. The van der Waals surface area contributed by atoms with E-state index in [2.05, 4.69) is 5.32 Å². The first-order chi connectivity index (χ1) is 12.6. The summed E-state index contributed by atoms with van der Waals surface area (Å²) in [6.45, 7) is 2.49. The van der Waals surface area contributed by atoms with E-state index in [1.54, 1.807) is 17.0 Å². The fourth-order valence-electron chi connectivity index (χ4n) is 3.59. The van der Waals surface area contributed by atoms with Gasteiger partial charge in [-0.2, -0.15) is 0 Å². The molecule has 3 aliphatic rings. The molecule has 0 atom stereocenters. The Morgan fingerprint density at radius 2 is 1.85 bits per heavy atom. The van der Waals surface area contributed by atoms with Crippen molar-refractivity contribution in [3.63, 3.8) is 0 Å². The lowest BCUT2D eigenvalue weighted by atomic mass is 9.95. The van der Waals surface area contributed by atoms with E-state index >= 15 is 0 Å². The number of benzene rings is 1. The second-order valence-corrected chi connectivity index (χ2v) is 7.15. The molecule has 1 N–H and O–H groups in total. The highest BCUT2D eigenvalue weighted by Gasteiger charge is 2.32. The van der Waals surface area contributed by atoms with Crippen LogP contribution in [0.5, 0.6) is 0 Å². The Morgan fingerprint density at radius 3 is 2.46 bits per heavy atom. The smallest absolute Gasteiger partial charge is 0.293 e. The van der Waals surface area contributed by atoms with Crippen molar-refractivity contribution in [1.29, 1.82) is 0 Å². The summed E-state index contributed by atoms with van der Waals surface area (Å²) in [7, 11) is 0. The van der Waals surface area contributed by atoms with Gasteiger partial charge in [0, 0.05) is 36.7 Å². The van der Waals surface area contributed by atoms with E-state index in [1.165, 1.54) is 6.07 Å². The van der Waals surface area contributed by atoms with Crippen LogP contribution in [0, 0.1) is 16.0 Å². The molecule has 0 radical (unpaired) electrons. The zero-order chi connectivity index (χ0) is 18.1. The Balaban J connectivity index is 1.42. The number of nitro groups is 1. The third-order valence-corrected chi connectivity index (χ3v) is 5.24. The summed E-state index contributed by atoms with van der Waals surface area (Å²) in [4.78, 5) is 25.5. The van der Waals surface area contributed by atoms with Gasteiger partial charge in [0.1, 0.15) is 5.69 Å². The molecule has 8 nitrogen and oxygen atoms in total. The van der Waals surface area contributed by atoms with Crippen molar-refractivity contribution in [3.05, 3.63) is 33.9 Å². The molecular weight excluding hydrogens is 338 g/mol. The molecule has 140 valence electrons. The van der Waals surface area contributed by atoms with Gasteiger partial charge in [0.05, 0.1) is 18.1 Å². The van der Waals surface area contributed by atoms with E-state index in [1.807, 2.05) is 0 Å². The van der Waals surface area contributed by atoms with Gasteiger partial charge in [-0.1, -0.05) is 0 Å². The molecule has 1 aromatic rings. The molecule has 1 amide bonds. The van der Waals surface area contributed by atoms with Crippen molar-refractivity contribution in [2.24, 2.45) is 5.92 Å². The number of ether oxygens (including phenoxy) is 2. The van der Waals surface area contributed by atoms with E-state index in [-0.39, 0.29) is 17.9 Å². The van der Waals surface area contributed by atoms with Gasteiger partial charge in [-0.3, -0.25) is 14.9 Å². The molecule has 0 spiro atoms. The van der Waals surface area contributed by atoms with Gasteiger partial charge in [-0.05, 0) is 37.8 Å². The van der Waals surface area contributed by atoms with Crippen LogP contribution >= 0.6 is 0 Å². The number of piperidine rings is 1. The van der Waals surface area contributed by atoms with E-state index < -0.39 is 4.92 Å². The summed E-state index contributed by atoms with van der Waals surface area (Å²) in [5.41, 5.74) is 0.818. The minimum absolute atomic E-state index is 0.0367. The second kappa shape index (κ2) is 7.20. The van der Waals surface area contributed by atoms with Crippen LogP contribution in [-0.2, 0) is 9.47 Å². The minimum Gasteiger partial charge on any atom is -0.377 e. The van der Waals surface area contributed by atoms with Crippen LogP contribution in [-0.4, -0.2) is 54.4 Å². The van der Waals surface area contributed by atoms with Crippen molar-refractivity contribution in [2.45, 2.75) is 38.0 Å². The lowest BCUT2D eigenvalue weighted by molar-refractivity contribution is -0.384. The number of nitrogens with one attached hydrogen (secondary N) is 1. The summed E-state index contributed by atoms with van der Waals surface area (Å²) < 4.78 is 11.1. The fraction of sp³-hybridized carbons (Fsp3) is 0.611. The number of anilines is 1. The number of carbonyl (C=O) groups excluding carboxylic acids is 1. The van der Waals surface area contributed by atoms with Crippen LogP contribution in [0.15, 0.2) is 18.2 Å². The van der Waals surface area contributed by atoms with Crippen molar-refractivity contribution >= 4 is 17.3 Å². The average Bonchev–Trinajstić information content (AvgIpc) is 3.30. The maximum absolute atomic E-state index is 12.8. The average molecular weight is 361 g/mol. The molecule has 0 bridgehead atoms. The number of hydrogen-bond acceptors (Lipinski definition) is 6. The monoisotopic (exact) mass is 361 g/mol. The first kappa shape index (κ1) is 17.2. The predicted octanol–water partition coefficient (Wildman–Crippen LogP) is 2.39. The Morgan fingerprint density at radius 1 is 1.15 bits per heavy atom. The van der Waals surface area contributed by atoms with E-state index in [4.69, 9.17) is 9.47 Å². The second-order valence-electron chi connectivity index (χ2n) is 7.15. The van der Waals surface area contributed by atoms with E-state index in [9.17, 15) is 14.9 Å². The third kappa shape index (κ3) is 3.66. The van der Waals surface area contributed by atoms with Gasteiger partial charge in [-0.15, -0.1) is 0 Å². The number of nitrogens with zero attached hydrogens (tertiary/aromatic N) is 2. The minimum atomic E-state index is -0.428. The molecule has 1 aliphatic carbocycles. The van der Waals surface area contributed by atoms with Crippen LogP contribution in [0.4, 0.5) is 11.4 Å². The Kier molecular flexibility index (Phi) is 4.78. The number of rotatable bonds is 5. The topological polar surface area (TPSA) is 93.9 Å². The highest BCUT2D eigenvalue weighted by atomic mass is 16.7. The molecule has 0 unspecified atom stereocenters. The van der Waals surface area contributed by atoms with Crippen molar-refractivity contribution in [3.8, 4) is 0 Å². The summed E-state index contributed by atoms with van der Waals surface area (Å²) >= 11 is 0. The van der Waals surface area contributed by atoms with Gasteiger partial charge in [-0.25, -0.2) is 0 Å². The maximum Gasteiger partial charge on any atom is 0.293 e. The highest BCUT2D eigenvalue weighted by molar-refractivity contribution is 5.95. The van der Waals surface area contributed by atoms with E-state index in [0.29, 0.717) is 49.5 Å². The SMILES string of the molecule is O=C(c1ccc(NC2CC2)c([N+](=O)[O-])c1)N1CCC(C2OCCO2)CC1. The normalized spacial score (nSPS) is 21.8. The van der Waals surface area contributed by atoms with Crippen molar-refractivity contribution < 1.29 is 19.2 Å². The summed E-state index contributed by atoms with van der Waals surface area (Å²) in [5.74, 6) is 0.152. The van der Waals surface area contributed by atoms with Crippen molar-refractivity contribution in [1.82, 2.24) is 4.90 Å². The number of carbonyl (C=O) groups is 1. The molecule has 0 aromatic heterocycles. The molecule has 2 aliphatic heterocycles. The number of amides is 1. The van der Waals surface area contributed by atoms with Gasteiger partial charge < -0.3 is 19.7 Å². The van der Waals surface area contributed by atoms with Crippen LogP contribution in [0.25, 0.3) is 0 Å². The quantitative estimate of drug-likeness (QED) is 0.639. The van der Waals surface area contributed by atoms with Gasteiger partial charge in [0.2, 0.25) is 0 Å². The zero-order valence-corrected chi connectivity index (χ0v) is 14.6. The standard InChI is InChI=1S/C18H23N3O5/c22-17(20-7-5-12(6-8-20)18-25-9-10-26-18)13-1-4-15(19-14-2-3-14)16(11-13)21(23)24/h1,4,11-12,14,18-19H,2-3,5-10H2. The lowest BCUT2D eigenvalue weighted by Gasteiger charge is -2.33. The predicted molar refractivity (Wildman–Crippen MR) is 94.1 cm³/mol. The largest absolute Gasteiger partial charge is 0.377 e. The highest BCUT2D eigenvalue weighted by Crippen LogP contribution is 2.32. The number of nitro benzene ring substituents is 1. The van der Waals surface area contributed by atoms with Crippen LogP contribution < -0.4 is 5.32 Å². The van der Waals surface area contributed by atoms with Gasteiger partial charge >= 0.3 is 0 Å². The Bertz CT molecular complexity index is 692. The first-order valence-electron chi connectivity index (χ1n) is 9.19. The van der Waals surface area contributed by atoms with Crippen LogP contribution in [0.3, 0.4) is 0 Å². The Hall–Kier alpha value is -2.19. The third-order valence-electron chi connectivity index (χ3n) is 5.24. The van der Waals surface area contributed by atoms with Gasteiger partial charge in [0.25, 0.3) is 11.6 Å². The molecule has 3 fully saturated rings. The molecule has 8 heteroatoms. The maximum atomic E-state index is 12.8. The van der Waals surface area contributed by atoms with Crippen molar-refractivity contribution in [2.75, 3.05) is 31.6 Å². The molecule has 2 saturated heterocycles. The molecule has 2 heterocycles. The van der Waals surface area contributed by atoms with Crippen LogP contribution in [0.2, 0.25) is 0 Å². The number of likely N-dealkylation sites (tertiary alicyclic amines) is 1. The number of hydrogen-bond donors (Lipinski definition) is 1. The first-order valence-corrected chi connectivity index (χ1v) is 9.19. The van der Waals surface area contributed by atoms with Gasteiger partial charge in [0.15, 0.2) is 6.29 Å². The van der Waals surface area contributed by atoms with Crippen LogP contribution in [0.1, 0.15) is 36.0 Å². The molecule has 4 rings (SSSR count). The Labute approximate surface area is 151 Å². The fourth-order valence-corrected chi connectivity index (χ4v) is 3.59. The van der Waals surface area contributed by atoms with E-state index in [0.717, 1.165) is 25.7 Å². The molecular formula is C18H23N3O5. The zero-order valence-electron chi connectivity index (χ0n) is 14.6. The summed E-state index contributed by atoms with van der Waals surface area (Å²) in [6, 6.07) is 5.03. The summed E-state index contributed by atoms with van der Waals surface area (Å²) in [6.07, 6.45) is 3.54. The summed E-state index contributed by atoms with van der Waals surface area (Å²) in [5, 5.41) is 14.5.